The number of esters is 2. The van der Waals surface area contributed by atoms with Crippen LogP contribution in [0.2, 0.25) is 51.4 Å². The van der Waals surface area contributed by atoms with Gasteiger partial charge in [0.05, 0.1) is 42.5 Å². The Morgan fingerprint density at radius 3 is 1.63 bits per heavy atom. The van der Waals surface area contributed by atoms with E-state index in [1.54, 1.807) is 30.5 Å². The third kappa shape index (κ3) is 13.8. The highest BCUT2D eigenvalue weighted by Gasteiger charge is 2.52. The predicted molar refractivity (Wildman–Crippen MR) is 275 cm³/mol. The van der Waals surface area contributed by atoms with E-state index in [9.17, 15) is 9.59 Å². The maximum absolute atomic E-state index is 11.9. The summed E-state index contributed by atoms with van der Waals surface area (Å²) in [6, 6.07) is 12.8. The number of imidazole rings is 2. The van der Waals surface area contributed by atoms with Crippen molar-refractivity contribution in [2.24, 2.45) is 0 Å². The normalized spacial score (nSPS) is 14.3. The van der Waals surface area contributed by atoms with Crippen LogP contribution in [0.4, 0.5) is 11.4 Å². The van der Waals surface area contributed by atoms with Gasteiger partial charge in [-0.1, -0.05) is 39.3 Å². The van der Waals surface area contributed by atoms with Crippen molar-refractivity contribution in [1.82, 2.24) is 39.0 Å². The monoisotopic (exact) mass is 1030 g/mol. The summed E-state index contributed by atoms with van der Waals surface area (Å²) in [6.07, 6.45) is 3.53. The number of hydrogen-bond acceptors (Lipinski definition) is 16. The van der Waals surface area contributed by atoms with Crippen LogP contribution in [0.1, 0.15) is 60.3 Å². The molecular formula is C46H66BBrN10O8Si2. The highest BCUT2D eigenvalue weighted by atomic mass is 79.9. The van der Waals surface area contributed by atoms with Gasteiger partial charge < -0.3 is 39.7 Å². The number of nitrogen functional groups attached to an aromatic ring is 2. The maximum atomic E-state index is 11.9. The molecule has 0 bridgehead atoms. The summed E-state index contributed by atoms with van der Waals surface area (Å²) in [4.78, 5) is 49.5. The van der Waals surface area contributed by atoms with Crippen LogP contribution >= 0.6 is 15.9 Å². The molecule has 0 saturated carbocycles. The van der Waals surface area contributed by atoms with E-state index < -0.39 is 35.2 Å². The summed E-state index contributed by atoms with van der Waals surface area (Å²) in [7, 11) is -0.0587. The van der Waals surface area contributed by atoms with Gasteiger partial charge in [-0.2, -0.15) is 0 Å². The fraction of sp³-hybridized carbons (Fsp3) is 0.478. The number of rotatable bonds is 14. The molecule has 6 aromatic rings. The van der Waals surface area contributed by atoms with E-state index in [2.05, 4.69) is 118 Å². The minimum absolute atomic E-state index is 0.0857. The van der Waals surface area contributed by atoms with E-state index in [1.807, 2.05) is 41.3 Å². The lowest BCUT2D eigenvalue weighted by molar-refractivity contribution is 0.00578. The Kier molecular flexibility index (Phi) is 17.5. The van der Waals surface area contributed by atoms with E-state index in [4.69, 9.17) is 35.0 Å². The number of nitrogens with zero attached hydrogens (tertiary/aromatic N) is 8. The average Bonchev–Trinajstić information content (AvgIpc) is 3.84. The largest absolute Gasteiger partial charge is 0.496 e. The molecule has 7 heterocycles. The molecule has 1 aliphatic heterocycles. The third-order valence-electron chi connectivity index (χ3n) is 11.4. The topological polar surface area (TPSA) is 229 Å². The molecule has 6 aromatic heterocycles. The lowest BCUT2D eigenvalue weighted by Crippen LogP contribution is -2.41. The van der Waals surface area contributed by atoms with Crippen LogP contribution in [0.3, 0.4) is 0 Å². The second-order valence-corrected chi connectivity index (χ2v) is 31.9. The summed E-state index contributed by atoms with van der Waals surface area (Å²) in [5.41, 5.74) is 16.8. The minimum atomic E-state index is -1.13. The van der Waals surface area contributed by atoms with E-state index in [0.29, 0.717) is 29.4 Å². The van der Waals surface area contributed by atoms with Crippen LogP contribution < -0.4 is 16.9 Å². The highest BCUT2D eigenvalue weighted by molar-refractivity contribution is 9.10. The van der Waals surface area contributed by atoms with Gasteiger partial charge >= 0.3 is 19.1 Å². The number of ether oxygens (including phenoxy) is 4. The Labute approximate surface area is 409 Å². The van der Waals surface area contributed by atoms with Gasteiger partial charge in [0.15, 0.2) is 22.7 Å². The van der Waals surface area contributed by atoms with Gasteiger partial charge in [0.25, 0.3) is 0 Å². The molecule has 366 valence electrons. The molecule has 1 fully saturated rings. The second-order valence-electron chi connectivity index (χ2n) is 19.8. The summed E-state index contributed by atoms with van der Waals surface area (Å²) in [6.45, 7) is 28.6. The third-order valence-corrected chi connectivity index (χ3v) is 15.3. The lowest BCUT2D eigenvalue weighted by Gasteiger charge is -2.32. The predicted octanol–water partition coefficient (Wildman–Crippen LogP) is 8.05. The molecule has 22 heteroatoms. The highest BCUT2D eigenvalue weighted by Crippen LogP contribution is 2.36. The standard InChI is InChI=1S/C20H27N5O3Si.C19H32BN3O3Si.C7H7BrN2O2/c1-13-23-17-10-14(16-7-6-15(21)18(24-16)20(26)27-2)11-22-19(17)25(13)12-28-8-9-29(3,4)5;1-14-22-16-11-15(20-25-18(2,3)19(4,5)26-20)12-21-17(16)23(14)13-24-9-10-27(6,7)8;1-12-7(11)6-4(9)2-3-5(8)10-6/h6-7,10-11H,8-9,12,21H2,1-5H3;11-12H,9-10,13H2,1-8H3;2-3H,9H2,1H3. The molecule has 0 aromatic carbocycles. The van der Waals surface area contributed by atoms with Crippen molar-refractivity contribution in [2.75, 3.05) is 38.9 Å². The molecule has 0 aliphatic carbocycles. The summed E-state index contributed by atoms with van der Waals surface area (Å²) in [5, 5.41) is 0. The first-order valence-corrected chi connectivity index (χ1v) is 30.5. The van der Waals surface area contributed by atoms with Crippen molar-refractivity contribution in [3.05, 3.63) is 76.4 Å². The Hall–Kier alpha value is -5.10. The average molecular weight is 1030 g/mol. The fourth-order valence-electron chi connectivity index (χ4n) is 6.49. The molecule has 18 nitrogen and oxygen atoms in total. The molecule has 0 spiro atoms. The number of nitrogens with two attached hydrogens (primary N) is 2. The Morgan fingerprint density at radius 2 is 1.15 bits per heavy atom. The van der Waals surface area contributed by atoms with Crippen LogP contribution in [0.25, 0.3) is 33.6 Å². The first-order valence-electron chi connectivity index (χ1n) is 22.3. The molecule has 0 amide bonds. The molecule has 1 saturated heterocycles. The zero-order chi connectivity index (χ0) is 50.4. The lowest BCUT2D eigenvalue weighted by atomic mass is 9.80. The van der Waals surface area contributed by atoms with Crippen molar-refractivity contribution in [1.29, 1.82) is 0 Å². The van der Waals surface area contributed by atoms with Gasteiger partial charge in [-0.05, 0) is 106 Å². The summed E-state index contributed by atoms with van der Waals surface area (Å²) in [5.74, 6) is 0.623. The van der Waals surface area contributed by atoms with Crippen LogP contribution in [-0.4, -0.2) is 113 Å². The molecule has 1 aliphatic rings. The number of carbonyl (C=O) groups excluding carboxylic acids is 2. The molecule has 0 atom stereocenters. The zero-order valence-electron chi connectivity index (χ0n) is 41.8. The maximum Gasteiger partial charge on any atom is 0.496 e. The van der Waals surface area contributed by atoms with Crippen LogP contribution in [0, 0.1) is 13.8 Å². The fourth-order valence-corrected chi connectivity index (χ4v) is 8.31. The number of carbonyl (C=O) groups is 2. The Balaban J connectivity index is 0.000000206. The van der Waals surface area contributed by atoms with E-state index >= 15 is 0 Å². The van der Waals surface area contributed by atoms with Gasteiger partial charge in [-0.15, -0.1) is 0 Å². The van der Waals surface area contributed by atoms with Crippen molar-refractivity contribution >= 4 is 90.3 Å². The van der Waals surface area contributed by atoms with Gasteiger partial charge in [0.2, 0.25) is 0 Å². The van der Waals surface area contributed by atoms with Crippen LogP contribution in [0.5, 0.6) is 0 Å². The molecule has 7 rings (SSSR count). The quantitative estimate of drug-likeness (QED) is 0.0455. The minimum Gasteiger partial charge on any atom is -0.464 e. The molecule has 68 heavy (non-hydrogen) atoms. The van der Waals surface area contributed by atoms with Gasteiger partial charge in [-0.3, -0.25) is 9.13 Å². The first kappa shape index (κ1) is 53.8. The summed E-state index contributed by atoms with van der Waals surface area (Å²) >= 11 is 3.12. The van der Waals surface area contributed by atoms with E-state index in [0.717, 1.165) is 70.3 Å². The van der Waals surface area contributed by atoms with Crippen LogP contribution in [-0.2, 0) is 41.7 Å². The van der Waals surface area contributed by atoms with Crippen molar-refractivity contribution in [3.8, 4) is 11.3 Å². The van der Waals surface area contributed by atoms with E-state index in [1.165, 1.54) is 14.2 Å². The van der Waals surface area contributed by atoms with Gasteiger partial charge in [0.1, 0.15) is 40.7 Å². The summed E-state index contributed by atoms with van der Waals surface area (Å²) < 4.78 is 37.8. The molecule has 4 N–H and O–H groups in total. The Morgan fingerprint density at radius 1 is 0.691 bits per heavy atom. The van der Waals surface area contributed by atoms with Crippen molar-refractivity contribution in [2.45, 2.75) is 118 Å². The van der Waals surface area contributed by atoms with Gasteiger partial charge in [0, 0.05) is 52.8 Å². The SMILES string of the molecule is COC(=O)c1nc(-c2cnc3c(c2)nc(C)n3COCC[Si](C)(C)C)ccc1N.COC(=O)c1nc(Br)ccc1N.Cc1nc2cc(B3OC(C)(C)C(C)(C)O3)cnc2n1COCC[Si](C)(C)C. The number of aromatic nitrogens is 8. The van der Waals surface area contributed by atoms with Gasteiger partial charge in [-0.25, -0.2) is 39.5 Å². The number of aryl methyl sites for hydroxylation is 2. The number of hydrogen-bond donors (Lipinski definition) is 2. The van der Waals surface area contributed by atoms with Crippen molar-refractivity contribution < 1.29 is 37.8 Å². The first-order chi connectivity index (χ1) is 31.7. The second kappa shape index (κ2) is 22.1. The number of halogens is 1. The smallest absolute Gasteiger partial charge is 0.464 e. The Bertz CT molecular complexity index is 2720. The number of pyridine rings is 4. The van der Waals surface area contributed by atoms with Crippen LogP contribution in [0.15, 0.2) is 53.4 Å². The molecular weight excluding hydrogens is 967 g/mol. The number of methoxy groups -OCH3 is 2. The van der Waals surface area contributed by atoms with E-state index in [-0.39, 0.29) is 28.3 Å². The molecule has 0 unspecified atom stereocenters. The number of fused-ring (bicyclic) bond motifs is 2. The zero-order valence-corrected chi connectivity index (χ0v) is 45.4. The number of anilines is 2. The van der Waals surface area contributed by atoms with Crippen molar-refractivity contribution in [3.63, 3.8) is 0 Å². The molecule has 0 radical (unpaired) electrons.